The van der Waals surface area contributed by atoms with Crippen LogP contribution < -0.4 is 25.3 Å². The van der Waals surface area contributed by atoms with Gasteiger partial charge in [0.05, 0.1) is 5.00 Å². The molecule has 0 N–H and O–H groups in total. The molecule has 5 heteroatoms. The van der Waals surface area contributed by atoms with Crippen molar-refractivity contribution in [2.24, 2.45) is 0 Å². The summed E-state index contributed by atoms with van der Waals surface area (Å²) >= 11 is 3.76. The van der Waals surface area contributed by atoms with Crippen LogP contribution in [0.1, 0.15) is 0 Å². The number of fused-ring (bicyclic) bond motifs is 8. The Bertz CT molecular complexity index is 1720. The summed E-state index contributed by atoms with van der Waals surface area (Å²) < 4.78 is 10.6. The van der Waals surface area contributed by atoms with Crippen molar-refractivity contribution >= 4 is 81.6 Å². The van der Waals surface area contributed by atoms with E-state index < -0.39 is 0 Å². The van der Waals surface area contributed by atoms with Crippen LogP contribution in [0.15, 0.2) is 97.1 Å². The lowest BCUT2D eigenvalue weighted by Gasteiger charge is -2.37. The van der Waals surface area contributed by atoms with Gasteiger partial charge in [-0.2, -0.15) is 0 Å². The molecule has 0 saturated heterocycles. The van der Waals surface area contributed by atoms with Crippen LogP contribution >= 0.6 is 22.7 Å². The summed E-state index contributed by atoms with van der Waals surface area (Å²) in [7, 11) is 0. The minimum atomic E-state index is 0.170. The molecule has 0 amide bonds. The number of anilines is 3. The molecule has 0 spiro atoms. The van der Waals surface area contributed by atoms with Crippen molar-refractivity contribution in [3.63, 3.8) is 0 Å². The molecule has 4 aromatic carbocycles. The molecule has 0 atom stereocenters. The lowest BCUT2D eigenvalue weighted by molar-refractivity contribution is 0.494. The van der Waals surface area contributed by atoms with Gasteiger partial charge in [-0.1, -0.05) is 54.6 Å². The van der Waals surface area contributed by atoms with Crippen molar-refractivity contribution in [1.29, 1.82) is 0 Å². The number of rotatable bonds is 1. The second-order valence-electron chi connectivity index (χ2n) is 8.50. The fourth-order valence-corrected chi connectivity index (χ4v) is 7.93. The monoisotopic (exact) mass is 457 g/mol. The predicted molar refractivity (Wildman–Crippen MR) is 143 cm³/mol. The molecule has 2 nitrogen and oxygen atoms in total. The first-order chi connectivity index (χ1) is 16.4. The van der Waals surface area contributed by atoms with Crippen LogP contribution in [0, 0.1) is 0 Å². The highest BCUT2D eigenvalue weighted by atomic mass is 32.1. The van der Waals surface area contributed by atoms with Gasteiger partial charge in [-0.25, -0.2) is 0 Å². The molecule has 8 rings (SSSR count). The summed E-state index contributed by atoms with van der Waals surface area (Å²) in [6, 6.07) is 34.7. The largest absolute Gasteiger partial charge is 0.457 e. The van der Waals surface area contributed by atoms with E-state index in [9.17, 15) is 0 Å². The topological polar surface area (TPSA) is 12.5 Å². The average molecular weight is 457 g/mol. The highest BCUT2D eigenvalue weighted by molar-refractivity contribution is 7.35. The molecule has 2 aromatic heterocycles. The third-order valence-electron chi connectivity index (χ3n) is 6.74. The summed E-state index contributed by atoms with van der Waals surface area (Å²) in [6.07, 6.45) is 0. The van der Waals surface area contributed by atoms with Crippen molar-refractivity contribution in [3.8, 4) is 11.5 Å². The molecule has 0 radical (unpaired) electrons. The Balaban J connectivity index is 1.53. The maximum Gasteiger partial charge on any atom is 0.270 e. The first-order valence-electron chi connectivity index (χ1n) is 11.1. The fourth-order valence-electron chi connectivity index (χ4n) is 5.40. The summed E-state index contributed by atoms with van der Waals surface area (Å²) in [5.74, 6) is 2.00. The second kappa shape index (κ2) is 6.50. The molecule has 2 aliphatic rings. The Morgan fingerprint density at radius 3 is 2.21 bits per heavy atom. The Morgan fingerprint density at radius 1 is 0.636 bits per heavy atom. The van der Waals surface area contributed by atoms with Gasteiger partial charge >= 0.3 is 0 Å². The molecule has 0 saturated carbocycles. The van der Waals surface area contributed by atoms with Gasteiger partial charge in [0, 0.05) is 30.9 Å². The summed E-state index contributed by atoms with van der Waals surface area (Å²) in [6.45, 7) is 0.170. The number of nitrogens with zero attached hydrogens (tertiary/aromatic N) is 1. The zero-order chi connectivity index (χ0) is 21.5. The van der Waals surface area contributed by atoms with Crippen LogP contribution in [-0.2, 0) is 0 Å². The van der Waals surface area contributed by atoms with Crippen LogP contribution in [-0.4, -0.2) is 6.71 Å². The highest BCUT2D eigenvalue weighted by Crippen LogP contribution is 2.47. The summed E-state index contributed by atoms with van der Waals surface area (Å²) in [4.78, 5) is 2.43. The number of hydrogen-bond donors (Lipinski definition) is 0. The zero-order valence-electron chi connectivity index (χ0n) is 17.5. The van der Waals surface area contributed by atoms with Crippen molar-refractivity contribution in [2.45, 2.75) is 0 Å². The lowest BCUT2D eigenvalue weighted by atomic mass is 9.37. The molecule has 0 bridgehead atoms. The quantitative estimate of drug-likeness (QED) is 0.260. The number of thiophene rings is 2. The van der Waals surface area contributed by atoms with E-state index in [0.717, 1.165) is 11.5 Å². The molecular formula is C28H16BNOS2. The maximum absolute atomic E-state index is 6.65. The number of benzene rings is 4. The van der Waals surface area contributed by atoms with E-state index in [0.29, 0.717) is 0 Å². The van der Waals surface area contributed by atoms with Crippen LogP contribution in [0.5, 0.6) is 11.5 Å². The fraction of sp³-hybridized carbons (Fsp3) is 0. The Morgan fingerprint density at radius 2 is 1.36 bits per heavy atom. The number of para-hydroxylation sites is 1. The summed E-state index contributed by atoms with van der Waals surface area (Å²) in [5.41, 5.74) is 5.07. The molecular weight excluding hydrogens is 441 g/mol. The number of hydrogen-bond acceptors (Lipinski definition) is 4. The van der Waals surface area contributed by atoms with Gasteiger partial charge in [0.15, 0.2) is 0 Å². The van der Waals surface area contributed by atoms with E-state index in [1.807, 2.05) is 22.7 Å². The third-order valence-corrected chi connectivity index (χ3v) is 9.13. The van der Waals surface area contributed by atoms with Crippen molar-refractivity contribution in [1.82, 2.24) is 0 Å². The molecule has 2 aliphatic heterocycles. The Labute approximate surface area is 199 Å². The normalized spacial score (nSPS) is 13.6. The Kier molecular flexibility index (Phi) is 3.54. The van der Waals surface area contributed by atoms with Gasteiger partial charge < -0.3 is 9.64 Å². The first-order valence-corrected chi connectivity index (χ1v) is 12.7. The van der Waals surface area contributed by atoms with E-state index in [1.165, 1.54) is 52.3 Å². The van der Waals surface area contributed by atoms with E-state index >= 15 is 0 Å². The van der Waals surface area contributed by atoms with E-state index in [1.54, 1.807) is 0 Å². The lowest BCUT2D eigenvalue weighted by Crippen LogP contribution is -2.58. The van der Waals surface area contributed by atoms with Crippen molar-refractivity contribution in [2.75, 3.05) is 4.90 Å². The molecule has 0 aliphatic carbocycles. The summed E-state index contributed by atoms with van der Waals surface area (Å²) in [5, 5.41) is 3.86. The minimum Gasteiger partial charge on any atom is -0.457 e. The SMILES string of the molecule is c1ccc(N2c3cccc4c3B(c3sc5ccccc5c3O4)c3c2sc2ccccc32)cc1. The zero-order valence-corrected chi connectivity index (χ0v) is 19.1. The standard InChI is InChI=1S/C28H16BNOS2/c1-2-9-17(10-3-1)30-20-13-8-14-21-25(20)29(24-18-11-4-6-15-22(18)33-28(24)30)27-26(31-21)19-12-5-7-16-23(19)32-27/h1-16H. The average Bonchev–Trinajstić information content (AvgIpc) is 3.43. The van der Waals surface area contributed by atoms with Crippen LogP contribution in [0.4, 0.5) is 16.4 Å². The molecule has 33 heavy (non-hydrogen) atoms. The van der Waals surface area contributed by atoms with Gasteiger partial charge in [-0.15, -0.1) is 22.7 Å². The van der Waals surface area contributed by atoms with Gasteiger partial charge in [0.2, 0.25) is 0 Å². The van der Waals surface area contributed by atoms with Gasteiger partial charge in [0.1, 0.15) is 11.5 Å². The first kappa shape index (κ1) is 18.0. The second-order valence-corrected chi connectivity index (χ2v) is 10.6. The number of ether oxygens (including phenoxy) is 1. The smallest absolute Gasteiger partial charge is 0.270 e. The van der Waals surface area contributed by atoms with Crippen LogP contribution in [0.2, 0.25) is 0 Å². The van der Waals surface area contributed by atoms with E-state index in [4.69, 9.17) is 4.74 Å². The van der Waals surface area contributed by atoms with Gasteiger partial charge in [0.25, 0.3) is 6.71 Å². The third kappa shape index (κ3) is 2.33. The molecule has 0 fully saturated rings. The van der Waals surface area contributed by atoms with Crippen molar-refractivity contribution in [3.05, 3.63) is 97.1 Å². The minimum absolute atomic E-state index is 0.170. The molecule has 154 valence electrons. The van der Waals surface area contributed by atoms with E-state index in [2.05, 4.69) is 102 Å². The maximum atomic E-state index is 6.65. The van der Waals surface area contributed by atoms with Crippen LogP contribution in [0.3, 0.4) is 0 Å². The molecule has 6 aromatic rings. The van der Waals surface area contributed by atoms with Crippen molar-refractivity contribution < 1.29 is 4.74 Å². The van der Waals surface area contributed by atoms with Crippen LogP contribution in [0.25, 0.3) is 20.2 Å². The Hall–Kier alpha value is -3.54. The highest BCUT2D eigenvalue weighted by Gasteiger charge is 2.45. The molecule has 4 heterocycles. The molecule has 0 unspecified atom stereocenters. The van der Waals surface area contributed by atoms with Gasteiger partial charge in [-0.3, -0.25) is 0 Å². The predicted octanol–water partition coefficient (Wildman–Crippen LogP) is 6.52. The van der Waals surface area contributed by atoms with E-state index in [-0.39, 0.29) is 6.71 Å². The van der Waals surface area contributed by atoms with Gasteiger partial charge in [-0.05, 0) is 58.8 Å².